The van der Waals surface area contributed by atoms with E-state index >= 15 is 0 Å². The summed E-state index contributed by atoms with van der Waals surface area (Å²) in [6.45, 7) is 4.70. The standard InChI is InChI=1S/C12H17F3N3/c1-16-5-7-17(8-6-16)10-18-4-2-3-11(9-18)12(13,14)15/h2-3H,4-8,10H2,1H3. The molecule has 0 spiro atoms. The molecule has 0 aromatic heterocycles. The van der Waals surface area contributed by atoms with Crippen LogP contribution in [0, 0.1) is 6.20 Å². The second-order valence-corrected chi connectivity index (χ2v) is 4.71. The predicted molar refractivity (Wildman–Crippen MR) is 62.6 cm³/mol. The van der Waals surface area contributed by atoms with Gasteiger partial charge in [0, 0.05) is 32.7 Å². The van der Waals surface area contributed by atoms with Crippen molar-refractivity contribution >= 4 is 0 Å². The molecule has 0 aromatic rings. The minimum Gasteiger partial charge on any atom is -0.353 e. The predicted octanol–water partition coefficient (Wildman–Crippen LogP) is 1.31. The zero-order chi connectivity index (χ0) is 13.2. The molecule has 1 radical (unpaired) electrons. The quantitative estimate of drug-likeness (QED) is 0.741. The van der Waals surface area contributed by atoms with Crippen molar-refractivity contribution in [3.8, 4) is 0 Å². The summed E-state index contributed by atoms with van der Waals surface area (Å²) in [6, 6.07) is 0. The van der Waals surface area contributed by atoms with E-state index in [0.717, 1.165) is 32.3 Å². The molecule has 0 atom stereocenters. The Bertz CT molecular complexity index is 341. The number of halogens is 3. The van der Waals surface area contributed by atoms with Gasteiger partial charge in [-0.3, -0.25) is 4.90 Å². The van der Waals surface area contributed by atoms with Crippen molar-refractivity contribution in [3.63, 3.8) is 0 Å². The maximum absolute atomic E-state index is 12.5. The Balaban J connectivity index is 1.91. The molecule has 101 valence electrons. The Morgan fingerprint density at radius 3 is 2.50 bits per heavy atom. The van der Waals surface area contributed by atoms with Gasteiger partial charge in [-0.15, -0.1) is 0 Å². The number of piperazine rings is 1. The second kappa shape index (κ2) is 5.32. The lowest BCUT2D eigenvalue weighted by molar-refractivity contribution is -0.0906. The number of rotatable bonds is 2. The molecule has 0 unspecified atom stereocenters. The molecule has 2 aliphatic heterocycles. The first-order chi connectivity index (χ1) is 8.45. The highest BCUT2D eigenvalue weighted by Crippen LogP contribution is 2.28. The lowest BCUT2D eigenvalue weighted by atomic mass is 10.2. The van der Waals surface area contributed by atoms with Gasteiger partial charge in [-0.1, -0.05) is 12.2 Å². The lowest BCUT2D eigenvalue weighted by Crippen LogP contribution is -2.48. The molecule has 0 aromatic carbocycles. The van der Waals surface area contributed by atoms with E-state index in [-0.39, 0.29) is 0 Å². The van der Waals surface area contributed by atoms with E-state index in [1.807, 2.05) is 0 Å². The second-order valence-electron chi connectivity index (χ2n) is 4.71. The molecule has 2 heterocycles. The van der Waals surface area contributed by atoms with Gasteiger partial charge in [0.05, 0.1) is 18.4 Å². The van der Waals surface area contributed by atoms with Crippen molar-refractivity contribution in [2.75, 3.05) is 46.4 Å². The fourth-order valence-electron chi connectivity index (χ4n) is 2.03. The van der Waals surface area contributed by atoms with Crippen molar-refractivity contribution in [1.82, 2.24) is 14.7 Å². The van der Waals surface area contributed by atoms with Crippen molar-refractivity contribution in [2.24, 2.45) is 0 Å². The summed E-state index contributed by atoms with van der Waals surface area (Å²) in [6.07, 6.45) is 0.761. The molecule has 6 heteroatoms. The van der Waals surface area contributed by atoms with Crippen molar-refractivity contribution in [2.45, 2.75) is 6.18 Å². The number of allylic oxidation sites excluding steroid dienone is 2. The Labute approximate surface area is 105 Å². The van der Waals surface area contributed by atoms with Gasteiger partial charge in [-0.25, -0.2) is 0 Å². The number of likely N-dealkylation sites (N-methyl/N-ethyl adjacent to an activating group) is 1. The molecule has 0 saturated carbocycles. The molecule has 2 aliphatic rings. The number of hydrogen-bond donors (Lipinski definition) is 0. The van der Waals surface area contributed by atoms with Crippen molar-refractivity contribution in [3.05, 3.63) is 23.9 Å². The molecule has 18 heavy (non-hydrogen) atoms. The van der Waals surface area contributed by atoms with Crippen LogP contribution in [-0.4, -0.2) is 67.3 Å². The molecule has 0 amide bonds. The summed E-state index contributed by atoms with van der Waals surface area (Å²) >= 11 is 0. The molecule has 0 N–H and O–H groups in total. The van der Waals surface area contributed by atoms with Crippen molar-refractivity contribution in [1.29, 1.82) is 0 Å². The fraction of sp³-hybridized carbons (Fsp3) is 0.667. The van der Waals surface area contributed by atoms with E-state index in [9.17, 15) is 13.2 Å². The van der Waals surface area contributed by atoms with Crippen LogP contribution < -0.4 is 0 Å². The molecule has 1 saturated heterocycles. The smallest absolute Gasteiger partial charge is 0.353 e. The SMILES string of the molecule is CN1CCN(CN2[C]=C(C(F)(F)F)C=CC2)CC1. The van der Waals surface area contributed by atoms with Crippen LogP contribution in [0.4, 0.5) is 13.2 Å². The van der Waals surface area contributed by atoms with E-state index < -0.39 is 11.7 Å². The minimum atomic E-state index is -4.31. The Hall–Kier alpha value is -1.01. The monoisotopic (exact) mass is 260 g/mol. The third kappa shape index (κ3) is 3.49. The van der Waals surface area contributed by atoms with Gasteiger partial charge in [-0.05, 0) is 7.05 Å². The zero-order valence-electron chi connectivity index (χ0n) is 10.4. The third-order valence-corrected chi connectivity index (χ3v) is 3.16. The molecule has 2 rings (SSSR count). The van der Waals surface area contributed by atoms with E-state index in [1.54, 1.807) is 4.90 Å². The van der Waals surface area contributed by atoms with Crippen LogP contribution in [0.2, 0.25) is 0 Å². The molecular weight excluding hydrogens is 243 g/mol. The van der Waals surface area contributed by atoms with Gasteiger partial charge < -0.3 is 9.80 Å². The summed E-state index contributed by atoms with van der Waals surface area (Å²) in [5.41, 5.74) is -0.692. The fourth-order valence-corrected chi connectivity index (χ4v) is 2.03. The largest absolute Gasteiger partial charge is 0.418 e. The van der Waals surface area contributed by atoms with Crippen LogP contribution in [-0.2, 0) is 0 Å². The van der Waals surface area contributed by atoms with Gasteiger partial charge in [0.1, 0.15) is 0 Å². The summed E-state index contributed by atoms with van der Waals surface area (Å²) in [4.78, 5) is 5.96. The van der Waals surface area contributed by atoms with Crippen LogP contribution in [0.1, 0.15) is 0 Å². The Kier molecular flexibility index (Phi) is 3.97. The summed E-state index contributed by atoms with van der Waals surface area (Å²) in [5, 5.41) is 0. The van der Waals surface area contributed by atoms with Gasteiger partial charge in [-0.2, -0.15) is 13.2 Å². The van der Waals surface area contributed by atoms with Crippen molar-refractivity contribution < 1.29 is 13.2 Å². The van der Waals surface area contributed by atoms with E-state index in [4.69, 9.17) is 0 Å². The maximum Gasteiger partial charge on any atom is 0.418 e. The van der Waals surface area contributed by atoms with E-state index in [1.165, 1.54) is 6.08 Å². The van der Waals surface area contributed by atoms with Gasteiger partial charge >= 0.3 is 6.18 Å². The summed E-state index contributed by atoms with van der Waals surface area (Å²) in [7, 11) is 2.05. The summed E-state index contributed by atoms with van der Waals surface area (Å²) in [5.74, 6) is 0. The van der Waals surface area contributed by atoms with Gasteiger partial charge in [0.2, 0.25) is 0 Å². The maximum atomic E-state index is 12.5. The first-order valence-electron chi connectivity index (χ1n) is 5.98. The van der Waals surface area contributed by atoms with Crippen LogP contribution in [0.25, 0.3) is 0 Å². The highest BCUT2D eigenvalue weighted by atomic mass is 19.4. The summed E-state index contributed by atoms with van der Waals surface area (Å²) < 4.78 is 37.6. The Morgan fingerprint density at radius 2 is 1.89 bits per heavy atom. The number of hydrogen-bond acceptors (Lipinski definition) is 3. The zero-order valence-corrected chi connectivity index (χ0v) is 10.4. The first-order valence-corrected chi connectivity index (χ1v) is 5.98. The molecular formula is C12H17F3N3. The van der Waals surface area contributed by atoms with Gasteiger partial charge in [0.15, 0.2) is 0 Å². The average Bonchev–Trinajstić information content (AvgIpc) is 2.31. The minimum absolute atomic E-state index is 0.492. The highest BCUT2D eigenvalue weighted by Gasteiger charge is 2.34. The van der Waals surface area contributed by atoms with Gasteiger partial charge in [0.25, 0.3) is 0 Å². The topological polar surface area (TPSA) is 9.72 Å². The van der Waals surface area contributed by atoms with Crippen LogP contribution in [0.15, 0.2) is 17.7 Å². The third-order valence-electron chi connectivity index (χ3n) is 3.16. The van der Waals surface area contributed by atoms with Crippen LogP contribution in [0.5, 0.6) is 0 Å². The molecule has 1 fully saturated rings. The normalized spacial score (nSPS) is 23.3. The molecule has 0 aliphatic carbocycles. The van der Waals surface area contributed by atoms with E-state index in [2.05, 4.69) is 23.0 Å². The average molecular weight is 260 g/mol. The highest BCUT2D eigenvalue weighted by molar-refractivity contribution is 5.23. The number of nitrogens with zero attached hydrogens (tertiary/aromatic N) is 3. The number of alkyl halides is 3. The first kappa shape index (κ1) is 13.4. The molecule has 3 nitrogen and oxygen atoms in total. The van der Waals surface area contributed by atoms with E-state index in [0.29, 0.717) is 13.2 Å². The lowest BCUT2D eigenvalue weighted by Gasteiger charge is -2.36. The molecule has 0 bridgehead atoms. The van der Waals surface area contributed by atoms with Crippen LogP contribution in [0.3, 0.4) is 0 Å². The van der Waals surface area contributed by atoms with Crippen LogP contribution >= 0.6 is 0 Å². The Morgan fingerprint density at radius 1 is 1.22 bits per heavy atom.